The SMILES string of the molecule is CCN(CC)C(C1=CC=C(F)C(C)=CC1)c1ccc(F)c(C)c1. The molecule has 1 aromatic rings. The molecule has 1 unspecified atom stereocenters. The Hall–Kier alpha value is -1.74. The first-order valence-corrected chi connectivity index (χ1v) is 8.21. The van der Waals surface area contributed by atoms with Gasteiger partial charge in [-0.15, -0.1) is 0 Å². The van der Waals surface area contributed by atoms with E-state index in [0.717, 1.165) is 24.2 Å². The number of benzene rings is 1. The summed E-state index contributed by atoms with van der Waals surface area (Å²) in [7, 11) is 0. The van der Waals surface area contributed by atoms with Gasteiger partial charge >= 0.3 is 0 Å². The number of rotatable bonds is 5. The predicted molar refractivity (Wildman–Crippen MR) is 92.4 cm³/mol. The highest BCUT2D eigenvalue weighted by molar-refractivity contribution is 5.39. The second-order valence-electron chi connectivity index (χ2n) is 5.98. The average molecular weight is 317 g/mol. The lowest BCUT2D eigenvalue weighted by molar-refractivity contribution is 0.245. The summed E-state index contributed by atoms with van der Waals surface area (Å²) in [6.07, 6.45) is 6.05. The van der Waals surface area contributed by atoms with Crippen LogP contribution >= 0.6 is 0 Å². The second kappa shape index (κ2) is 7.69. The molecule has 3 heteroatoms. The molecule has 0 saturated heterocycles. The Morgan fingerprint density at radius 2 is 1.78 bits per heavy atom. The number of nitrogens with zero attached hydrogens (tertiary/aromatic N) is 1. The van der Waals surface area contributed by atoms with Crippen molar-refractivity contribution in [3.63, 3.8) is 0 Å². The fourth-order valence-corrected chi connectivity index (χ4v) is 3.04. The predicted octanol–water partition coefficient (Wildman–Crippen LogP) is 5.65. The van der Waals surface area contributed by atoms with Crippen LogP contribution in [0.25, 0.3) is 0 Å². The number of allylic oxidation sites excluding steroid dienone is 5. The zero-order valence-electron chi connectivity index (χ0n) is 14.4. The van der Waals surface area contributed by atoms with Crippen LogP contribution in [0.15, 0.2) is 53.4 Å². The van der Waals surface area contributed by atoms with Gasteiger partial charge < -0.3 is 0 Å². The van der Waals surface area contributed by atoms with Crippen molar-refractivity contribution in [2.24, 2.45) is 0 Å². The maximum Gasteiger partial charge on any atom is 0.126 e. The van der Waals surface area contributed by atoms with E-state index in [1.165, 1.54) is 6.07 Å². The molecular weight excluding hydrogens is 292 g/mol. The van der Waals surface area contributed by atoms with Gasteiger partial charge in [0.1, 0.15) is 11.6 Å². The lowest BCUT2D eigenvalue weighted by Crippen LogP contribution is -2.30. The number of likely N-dealkylation sites (N-methyl/N-ethyl adjacent to an activating group) is 1. The van der Waals surface area contributed by atoms with E-state index in [9.17, 15) is 8.78 Å². The first-order chi connectivity index (χ1) is 11.0. The summed E-state index contributed by atoms with van der Waals surface area (Å²) >= 11 is 0. The Balaban J connectivity index is 2.48. The van der Waals surface area contributed by atoms with E-state index in [1.807, 2.05) is 24.3 Å². The summed E-state index contributed by atoms with van der Waals surface area (Å²) < 4.78 is 27.5. The third-order valence-corrected chi connectivity index (χ3v) is 4.49. The molecule has 0 N–H and O–H groups in total. The minimum Gasteiger partial charge on any atom is -0.293 e. The zero-order chi connectivity index (χ0) is 17.0. The second-order valence-corrected chi connectivity index (χ2v) is 5.98. The molecule has 0 spiro atoms. The monoisotopic (exact) mass is 317 g/mol. The molecule has 1 aliphatic rings. The number of hydrogen-bond donors (Lipinski definition) is 0. The van der Waals surface area contributed by atoms with Crippen molar-refractivity contribution in [2.45, 2.75) is 40.2 Å². The molecule has 23 heavy (non-hydrogen) atoms. The third kappa shape index (κ3) is 3.97. The Labute approximate surface area is 138 Å². The lowest BCUT2D eigenvalue weighted by atomic mass is 9.93. The van der Waals surface area contributed by atoms with Crippen molar-refractivity contribution in [1.82, 2.24) is 4.90 Å². The van der Waals surface area contributed by atoms with Crippen molar-refractivity contribution >= 4 is 0 Å². The molecule has 0 aliphatic heterocycles. The molecule has 0 saturated carbocycles. The van der Waals surface area contributed by atoms with Crippen molar-refractivity contribution in [2.75, 3.05) is 13.1 Å². The summed E-state index contributed by atoms with van der Waals surface area (Å²) in [5.74, 6) is -0.378. The van der Waals surface area contributed by atoms with Crippen molar-refractivity contribution in [3.8, 4) is 0 Å². The minimum absolute atomic E-state index is 0.0375. The number of halogens is 2. The maximum absolute atomic E-state index is 13.8. The molecule has 0 aromatic heterocycles. The summed E-state index contributed by atoms with van der Waals surface area (Å²) in [5, 5.41) is 0. The molecule has 1 aliphatic carbocycles. The van der Waals surface area contributed by atoms with Crippen LogP contribution < -0.4 is 0 Å². The van der Waals surface area contributed by atoms with Crippen LogP contribution in [-0.4, -0.2) is 18.0 Å². The maximum atomic E-state index is 13.8. The van der Waals surface area contributed by atoms with Gasteiger partial charge in [-0.3, -0.25) is 4.90 Å². The van der Waals surface area contributed by atoms with Crippen LogP contribution in [0.5, 0.6) is 0 Å². The molecule has 124 valence electrons. The quantitative estimate of drug-likeness (QED) is 0.678. The van der Waals surface area contributed by atoms with E-state index in [-0.39, 0.29) is 17.7 Å². The summed E-state index contributed by atoms with van der Waals surface area (Å²) in [5.41, 5.74) is 3.50. The minimum atomic E-state index is -0.191. The highest BCUT2D eigenvalue weighted by atomic mass is 19.1. The van der Waals surface area contributed by atoms with E-state index >= 15 is 0 Å². The summed E-state index contributed by atoms with van der Waals surface area (Å²) in [6.45, 7) is 9.55. The highest BCUT2D eigenvalue weighted by Gasteiger charge is 2.23. The lowest BCUT2D eigenvalue weighted by Gasteiger charge is -2.32. The van der Waals surface area contributed by atoms with Crippen LogP contribution in [0.4, 0.5) is 8.78 Å². The van der Waals surface area contributed by atoms with Crippen LogP contribution in [0.2, 0.25) is 0 Å². The Morgan fingerprint density at radius 1 is 1.09 bits per heavy atom. The normalized spacial score (nSPS) is 16.6. The molecular formula is C20H25F2N. The molecule has 0 radical (unpaired) electrons. The zero-order valence-corrected chi connectivity index (χ0v) is 14.4. The third-order valence-electron chi connectivity index (χ3n) is 4.49. The first-order valence-electron chi connectivity index (χ1n) is 8.21. The molecule has 1 nitrogen and oxygen atoms in total. The number of hydrogen-bond acceptors (Lipinski definition) is 1. The van der Waals surface area contributed by atoms with Crippen LogP contribution in [-0.2, 0) is 0 Å². The highest BCUT2D eigenvalue weighted by Crippen LogP contribution is 2.34. The fraction of sp³-hybridized carbons (Fsp3) is 0.400. The van der Waals surface area contributed by atoms with Gasteiger partial charge in [0.15, 0.2) is 0 Å². The van der Waals surface area contributed by atoms with Crippen LogP contribution in [0.1, 0.15) is 44.4 Å². The molecule has 0 bridgehead atoms. The Bertz CT molecular complexity index is 652. The van der Waals surface area contributed by atoms with Crippen LogP contribution in [0, 0.1) is 12.7 Å². The fourth-order valence-electron chi connectivity index (χ4n) is 3.04. The van der Waals surface area contributed by atoms with E-state index in [4.69, 9.17) is 0 Å². The van der Waals surface area contributed by atoms with E-state index in [0.29, 0.717) is 17.6 Å². The van der Waals surface area contributed by atoms with Gasteiger partial charge in [0, 0.05) is 0 Å². The van der Waals surface area contributed by atoms with Gasteiger partial charge in [-0.2, -0.15) is 0 Å². The van der Waals surface area contributed by atoms with Gasteiger partial charge in [0.2, 0.25) is 0 Å². The molecule has 1 aromatic carbocycles. The van der Waals surface area contributed by atoms with Crippen molar-refractivity contribution < 1.29 is 8.78 Å². The Morgan fingerprint density at radius 3 is 2.39 bits per heavy atom. The van der Waals surface area contributed by atoms with E-state index in [1.54, 1.807) is 19.9 Å². The van der Waals surface area contributed by atoms with Gasteiger partial charge in [0.05, 0.1) is 6.04 Å². The molecule has 1 atom stereocenters. The molecule has 2 rings (SSSR count). The van der Waals surface area contributed by atoms with Crippen molar-refractivity contribution in [1.29, 1.82) is 0 Å². The molecule has 0 fully saturated rings. The van der Waals surface area contributed by atoms with Gasteiger partial charge in [-0.25, -0.2) is 8.78 Å². The largest absolute Gasteiger partial charge is 0.293 e. The number of aryl methyl sites for hydroxylation is 1. The Kier molecular flexibility index (Phi) is 5.89. The van der Waals surface area contributed by atoms with Gasteiger partial charge in [-0.05, 0) is 67.8 Å². The smallest absolute Gasteiger partial charge is 0.126 e. The van der Waals surface area contributed by atoms with E-state index < -0.39 is 0 Å². The summed E-state index contributed by atoms with van der Waals surface area (Å²) in [6, 6.07) is 5.31. The molecule has 0 heterocycles. The van der Waals surface area contributed by atoms with Crippen LogP contribution in [0.3, 0.4) is 0 Å². The summed E-state index contributed by atoms with van der Waals surface area (Å²) in [4.78, 5) is 2.32. The van der Waals surface area contributed by atoms with Gasteiger partial charge in [0.25, 0.3) is 0 Å². The van der Waals surface area contributed by atoms with Gasteiger partial charge in [-0.1, -0.05) is 38.1 Å². The average Bonchev–Trinajstić information content (AvgIpc) is 2.70. The standard InChI is InChI=1S/C20H25F2N/c1-5-23(6-2)20(17-10-12-19(22)15(4)13-17)16-8-7-14(3)18(21)11-9-16/h7,9-13,20H,5-6,8H2,1-4H3. The topological polar surface area (TPSA) is 3.24 Å². The first kappa shape index (κ1) is 17.6. The van der Waals surface area contributed by atoms with E-state index in [2.05, 4.69) is 18.7 Å². The van der Waals surface area contributed by atoms with Crippen molar-refractivity contribution in [3.05, 3.63) is 70.3 Å². The molecule has 0 amide bonds.